The van der Waals surface area contributed by atoms with E-state index in [1.54, 1.807) is 0 Å². The van der Waals surface area contributed by atoms with Crippen LogP contribution in [0.25, 0.3) is 0 Å². The summed E-state index contributed by atoms with van der Waals surface area (Å²) in [6, 6.07) is 0. The van der Waals surface area contributed by atoms with Gasteiger partial charge in [0, 0.05) is 18.0 Å². The lowest BCUT2D eigenvalue weighted by Gasteiger charge is -2.32. The van der Waals surface area contributed by atoms with Crippen molar-refractivity contribution in [1.82, 2.24) is 10.2 Å². The molecule has 2 aliphatic rings. The first-order chi connectivity index (χ1) is 7.23. The number of nitrogens with zero attached hydrogens (tertiary/aromatic N) is 1. The molecule has 2 heteroatoms. The van der Waals surface area contributed by atoms with Gasteiger partial charge in [0.1, 0.15) is 0 Å². The fourth-order valence-electron chi connectivity index (χ4n) is 2.80. The lowest BCUT2D eigenvalue weighted by Crippen LogP contribution is -2.45. The number of likely N-dealkylation sites (tertiary alicyclic amines) is 1. The first kappa shape index (κ1) is 11.0. The molecular weight excluding hydrogens is 184 g/mol. The maximum atomic E-state index is 3.49. The van der Waals surface area contributed by atoms with Gasteiger partial charge in [-0.1, -0.05) is 25.7 Å². The summed E-state index contributed by atoms with van der Waals surface area (Å²) in [5, 5.41) is 3.49. The fourth-order valence-corrected chi connectivity index (χ4v) is 2.80. The Bertz CT molecular complexity index is 260. The van der Waals surface area contributed by atoms with Crippen molar-refractivity contribution >= 4 is 0 Å². The maximum absolute atomic E-state index is 3.49. The predicted octanol–water partition coefficient (Wildman–Crippen LogP) is 1.47. The smallest absolute Gasteiger partial charge is 0.0606 e. The molecule has 1 unspecified atom stereocenters. The fraction of sp³-hybridized carbons (Fsp3) is 0.846. The minimum atomic E-state index is 0.464. The second kappa shape index (κ2) is 4.55. The van der Waals surface area contributed by atoms with Gasteiger partial charge in [-0.2, -0.15) is 0 Å². The van der Waals surface area contributed by atoms with Gasteiger partial charge in [0.2, 0.25) is 0 Å². The minimum Gasteiger partial charge on any atom is -0.315 e. The standard InChI is InChI=1S/C13H22N2/c1-12(2)5-3-9-15-10-4-6-13(15)7-8-14-11-13/h12,14H,4,6-11H2,1-2H3. The number of hydrogen-bond donors (Lipinski definition) is 1. The normalized spacial score (nSPS) is 31.1. The molecule has 1 spiro atoms. The van der Waals surface area contributed by atoms with E-state index in [4.69, 9.17) is 0 Å². The highest BCUT2D eigenvalue weighted by molar-refractivity contribution is 5.09. The first-order valence-electron chi connectivity index (χ1n) is 6.17. The molecule has 0 saturated carbocycles. The Morgan fingerprint density at radius 2 is 2.27 bits per heavy atom. The van der Waals surface area contributed by atoms with Gasteiger partial charge in [0.05, 0.1) is 6.54 Å². The van der Waals surface area contributed by atoms with Crippen molar-refractivity contribution < 1.29 is 0 Å². The van der Waals surface area contributed by atoms with Crippen LogP contribution in [0.4, 0.5) is 0 Å². The van der Waals surface area contributed by atoms with E-state index in [-0.39, 0.29) is 0 Å². The SMILES string of the molecule is CC(C)C#CCN1CCCC12CCNC2. The van der Waals surface area contributed by atoms with Gasteiger partial charge in [-0.3, -0.25) is 4.90 Å². The van der Waals surface area contributed by atoms with E-state index in [2.05, 4.69) is 35.9 Å². The Kier molecular flexibility index (Phi) is 3.33. The van der Waals surface area contributed by atoms with Gasteiger partial charge >= 0.3 is 0 Å². The van der Waals surface area contributed by atoms with E-state index in [0.29, 0.717) is 11.5 Å². The van der Waals surface area contributed by atoms with Gasteiger partial charge in [-0.15, -0.1) is 0 Å². The summed E-state index contributed by atoms with van der Waals surface area (Å²) in [7, 11) is 0. The molecule has 1 N–H and O–H groups in total. The number of hydrogen-bond acceptors (Lipinski definition) is 2. The number of nitrogens with one attached hydrogen (secondary N) is 1. The van der Waals surface area contributed by atoms with Gasteiger partial charge in [-0.25, -0.2) is 0 Å². The van der Waals surface area contributed by atoms with Gasteiger partial charge in [0.15, 0.2) is 0 Å². The molecule has 2 rings (SSSR count). The van der Waals surface area contributed by atoms with Gasteiger partial charge < -0.3 is 5.32 Å². The summed E-state index contributed by atoms with van der Waals surface area (Å²) < 4.78 is 0. The molecule has 2 aliphatic heterocycles. The van der Waals surface area contributed by atoms with E-state index < -0.39 is 0 Å². The highest BCUT2D eigenvalue weighted by Gasteiger charge is 2.42. The third-order valence-electron chi connectivity index (χ3n) is 3.62. The van der Waals surface area contributed by atoms with Crippen LogP contribution in [0, 0.1) is 17.8 Å². The minimum absolute atomic E-state index is 0.464. The van der Waals surface area contributed by atoms with E-state index >= 15 is 0 Å². The van der Waals surface area contributed by atoms with Crippen molar-refractivity contribution in [1.29, 1.82) is 0 Å². The summed E-state index contributed by atoms with van der Waals surface area (Å²) >= 11 is 0. The molecule has 0 amide bonds. The van der Waals surface area contributed by atoms with Crippen LogP contribution in [0.2, 0.25) is 0 Å². The lowest BCUT2D eigenvalue weighted by molar-refractivity contribution is 0.177. The maximum Gasteiger partial charge on any atom is 0.0606 e. The van der Waals surface area contributed by atoms with Gasteiger partial charge in [0.25, 0.3) is 0 Å². The molecule has 2 nitrogen and oxygen atoms in total. The Morgan fingerprint density at radius 3 is 2.93 bits per heavy atom. The molecule has 0 bridgehead atoms. The summed E-state index contributed by atoms with van der Waals surface area (Å²) in [4.78, 5) is 2.60. The Hall–Kier alpha value is -0.520. The number of rotatable bonds is 1. The summed E-state index contributed by atoms with van der Waals surface area (Å²) in [5.74, 6) is 7.10. The molecule has 0 aromatic rings. The van der Waals surface area contributed by atoms with Crippen LogP contribution in [0.15, 0.2) is 0 Å². The lowest BCUT2D eigenvalue weighted by atomic mass is 9.95. The van der Waals surface area contributed by atoms with Crippen LogP contribution < -0.4 is 5.32 Å². The summed E-state index contributed by atoms with van der Waals surface area (Å²) in [5.41, 5.74) is 0.464. The predicted molar refractivity (Wildman–Crippen MR) is 63.6 cm³/mol. The topological polar surface area (TPSA) is 15.3 Å². The highest BCUT2D eigenvalue weighted by Crippen LogP contribution is 2.33. The monoisotopic (exact) mass is 206 g/mol. The summed E-state index contributed by atoms with van der Waals surface area (Å²) in [6.07, 6.45) is 4.03. The first-order valence-corrected chi connectivity index (χ1v) is 6.17. The molecule has 0 aliphatic carbocycles. The van der Waals surface area contributed by atoms with E-state index in [1.807, 2.05) is 0 Å². The van der Waals surface area contributed by atoms with Gasteiger partial charge in [-0.05, 0) is 32.4 Å². The Balaban J connectivity index is 1.94. The Labute approximate surface area is 93.4 Å². The molecule has 2 heterocycles. The molecule has 2 fully saturated rings. The zero-order valence-electron chi connectivity index (χ0n) is 9.97. The molecule has 0 aromatic carbocycles. The van der Waals surface area contributed by atoms with Crippen LogP contribution in [0.1, 0.15) is 33.1 Å². The largest absolute Gasteiger partial charge is 0.315 e. The molecule has 0 radical (unpaired) electrons. The highest BCUT2D eigenvalue weighted by atomic mass is 15.3. The van der Waals surface area contributed by atoms with E-state index in [9.17, 15) is 0 Å². The van der Waals surface area contributed by atoms with Crippen molar-refractivity contribution in [3.8, 4) is 11.8 Å². The average molecular weight is 206 g/mol. The van der Waals surface area contributed by atoms with Crippen molar-refractivity contribution in [3.63, 3.8) is 0 Å². The Morgan fingerprint density at radius 1 is 1.40 bits per heavy atom. The molecule has 1 atom stereocenters. The summed E-state index contributed by atoms with van der Waals surface area (Å²) in [6.45, 7) is 8.90. The van der Waals surface area contributed by atoms with Crippen LogP contribution in [0.3, 0.4) is 0 Å². The van der Waals surface area contributed by atoms with Crippen molar-refractivity contribution in [2.24, 2.45) is 5.92 Å². The zero-order chi connectivity index (χ0) is 10.7. The molecular formula is C13H22N2. The van der Waals surface area contributed by atoms with E-state index in [1.165, 1.54) is 38.9 Å². The van der Waals surface area contributed by atoms with E-state index in [0.717, 1.165) is 6.54 Å². The van der Waals surface area contributed by atoms with Crippen LogP contribution in [-0.4, -0.2) is 36.6 Å². The third kappa shape index (κ3) is 2.35. The molecule has 0 aromatic heterocycles. The third-order valence-corrected chi connectivity index (χ3v) is 3.62. The quantitative estimate of drug-likeness (QED) is 0.654. The molecule has 84 valence electrons. The van der Waals surface area contributed by atoms with Crippen molar-refractivity contribution in [2.75, 3.05) is 26.2 Å². The molecule has 15 heavy (non-hydrogen) atoms. The van der Waals surface area contributed by atoms with Crippen molar-refractivity contribution in [2.45, 2.75) is 38.6 Å². The van der Waals surface area contributed by atoms with Crippen LogP contribution in [0.5, 0.6) is 0 Å². The second-order valence-electron chi connectivity index (χ2n) is 5.15. The zero-order valence-corrected chi connectivity index (χ0v) is 9.97. The van der Waals surface area contributed by atoms with Crippen LogP contribution >= 0.6 is 0 Å². The average Bonchev–Trinajstić information content (AvgIpc) is 2.79. The van der Waals surface area contributed by atoms with Crippen LogP contribution in [-0.2, 0) is 0 Å². The second-order valence-corrected chi connectivity index (χ2v) is 5.15. The van der Waals surface area contributed by atoms with Crippen molar-refractivity contribution in [3.05, 3.63) is 0 Å². The molecule has 2 saturated heterocycles.